The third-order valence-corrected chi connectivity index (χ3v) is 4.03. The first-order chi connectivity index (χ1) is 13.0. The number of rotatable bonds is 6. The second-order valence-electron chi connectivity index (χ2n) is 5.56. The fourth-order valence-corrected chi connectivity index (χ4v) is 2.67. The van der Waals surface area contributed by atoms with E-state index in [4.69, 9.17) is 21.2 Å². The second-order valence-corrected chi connectivity index (χ2v) is 6.00. The maximum Gasteiger partial charge on any atom is 0.270 e. The number of hydroxylamine groups is 1. The van der Waals surface area contributed by atoms with E-state index in [0.29, 0.717) is 23.7 Å². The summed E-state index contributed by atoms with van der Waals surface area (Å²) < 4.78 is 19.1. The zero-order valence-corrected chi connectivity index (χ0v) is 15.1. The van der Waals surface area contributed by atoms with Crippen molar-refractivity contribution in [1.82, 2.24) is 0 Å². The normalized spacial score (nSPS) is 13.1. The van der Waals surface area contributed by atoms with E-state index in [1.54, 1.807) is 13.2 Å². The molecule has 3 rings (SSSR count). The third kappa shape index (κ3) is 4.33. The number of methoxy groups -OCH3 is 1. The van der Waals surface area contributed by atoms with Crippen LogP contribution in [0, 0.1) is 15.9 Å². The van der Waals surface area contributed by atoms with Gasteiger partial charge in [0.2, 0.25) is 0 Å². The van der Waals surface area contributed by atoms with Crippen LogP contribution in [0.2, 0.25) is 5.02 Å². The van der Waals surface area contributed by atoms with Crippen LogP contribution >= 0.6 is 11.6 Å². The molecule has 0 radical (unpaired) electrons. The molecule has 0 saturated carbocycles. The molecule has 0 saturated heterocycles. The Kier molecular flexibility index (Phi) is 5.84. The van der Waals surface area contributed by atoms with Gasteiger partial charge in [0.15, 0.2) is 0 Å². The molecule has 1 aliphatic rings. The van der Waals surface area contributed by atoms with Crippen LogP contribution in [-0.2, 0) is 9.57 Å². The highest BCUT2D eigenvalue weighted by Crippen LogP contribution is 2.30. The smallest absolute Gasteiger partial charge is 0.270 e. The lowest BCUT2D eigenvalue weighted by Crippen LogP contribution is -2.33. The first kappa shape index (κ1) is 19.0. The molecule has 8 nitrogen and oxygen atoms in total. The minimum absolute atomic E-state index is 0.112. The molecule has 0 bridgehead atoms. The lowest BCUT2D eigenvalue weighted by molar-refractivity contribution is -0.384. The number of non-ortho nitro benzene ring substituents is 1. The number of benzene rings is 2. The summed E-state index contributed by atoms with van der Waals surface area (Å²) in [6.07, 6.45) is 0. The average molecular weight is 395 g/mol. The predicted molar refractivity (Wildman–Crippen MR) is 99.8 cm³/mol. The number of nitro benzene ring substituents is 1. The van der Waals surface area contributed by atoms with Crippen LogP contribution in [0.15, 0.2) is 41.4 Å². The topological polar surface area (TPSA) is 89.2 Å². The molecule has 10 heteroatoms. The Hall–Kier alpha value is -2.75. The molecular weight excluding hydrogens is 379 g/mol. The van der Waals surface area contributed by atoms with Gasteiger partial charge in [0.1, 0.15) is 18.3 Å². The number of nitrogens with one attached hydrogen (secondary N) is 1. The van der Waals surface area contributed by atoms with E-state index in [2.05, 4.69) is 10.3 Å². The summed E-state index contributed by atoms with van der Waals surface area (Å²) in [6.45, 7) is 0.798. The molecule has 1 aliphatic heterocycles. The zero-order chi connectivity index (χ0) is 19.4. The predicted octanol–water partition coefficient (Wildman–Crippen LogP) is 3.60. The van der Waals surface area contributed by atoms with E-state index in [1.807, 2.05) is 0 Å². The number of nitro groups is 1. The number of hydrogen-bond donors (Lipinski definition) is 1. The lowest BCUT2D eigenvalue weighted by Gasteiger charge is -2.29. The van der Waals surface area contributed by atoms with Crippen LogP contribution in [-0.4, -0.2) is 37.8 Å². The van der Waals surface area contributed by atoms with Gasteiger partial charge < -0.3 is 10.1 Å². The molecular formula is C17H16ClFN4O4. The molecule has 142 valence electrons. The fraction of sp³-hybridized carbons (Fsp3) is 0.235. The number of ether oxygens (including phenoxy) is 1. The van der Waals surface area contributed by atoms with Crippen molar-refractivity contribution in [2.45, 2.75) is 0 Å². The summed E-state index contributed by atoms with van der Waals surface area (Å²) in [7, 11) is 1.55. The van der Waals surface area contributed by atoms with Gasteiger partial charge in [-0.05, 0) is 24.3 Å². The van der Waals surface area contributed by atoms with E-state index in [0.717, 1.165) is 0 Å². The molecule has 0 fully saturated rings. The standard InChI is InChI=1S/C17H16ClFN4O4/c1-26-6-7-27-22-10-20-17(21-15-4-2-11(18)8-14(15)19)13-9-12(23(24)25)3-5-16(13)22/h2-5,8-9H,6-7,10H2,1H3,(H,20,21). The molecule has 27 heavy (non-hydrogen) atoms. The van der Waals surface area contributed by atoms with Gasteiger partial charge in [-0.15, -0.1) is 0 Å². The van der Waals surface area contributed by atoms with Gasteiger partial charge in [-0.25, -0.2) is 14.4 Å². The second kappa shape index (κ2) is 8.30. The van der Waals surface area contributed by atoms with Gasteiger partial charge in [0.05, 0.1) is 29.5 Å². The molecule has 0 spiro atoms. The number of anilines is 2. The number of fused-ring (bicyclic) bond motifs is 1. The van der Waals surface area contributed by atoms with Crippen LogP contribution in [0.1, 0.15) is 5.56 Å². The Morgan fingerprint density at radius 3 is 2.85 bits per heavy atom. The van der Waals surface area contributed by atoms with Crippen molar-refractivity contribution < 1.29 is 18.9 Å². The molecule has 0 atom stereocenters. The van der Waals surface area contributed by atoms with Crippen molar-refractivity contribution in [3.63, 3.8) is 0 Å². The lowest BCUT2D eigenvalue weighted by atomic mass is 10.1. The zero-order valence-electron chi connectivity index (χ0n) is 14.3. The van der Waals surface area contributed by atoms with Crippen LogP contribution in [0.25, 0.3) is 0 Å². The third-order valence-electron chi connectivity index (χ3n) is 3.79. The first-order valence-electron chi connectivity index (χ1n) is 7.94. The monoisotopic (exact) mass is 394 g/mol. The van der Waals surface area contributed by atoms with Crippen molar-refractivity contribution >= 4 is 34.5 Å². The van der Waals surface area contributed by atoms with E-state index >= 15 is 0 Å². The summed E-state index contributed by atoms with van der Waals surface area (Å²) in [5.41, 5.74) is 1.04. The fourth-order valence-electron chi connectivity index (χ4n) is 2.51. The number of halogens is 2. The maximum atomic E-state index is 14.1. The van der Waals surface area contributed by atoms with Crippen molar-refractivity contribution in [3.8, 4) is 0 Å². The van der Waals surface area contributed by atoms with Gasteiger partial charge in [0.25, 0.3) is 5.69 Å². The van der Waals surface area contributed by atoms with Crippen molar-refractivity contribution in [2.24, 2.45) is 4.99 Å². The largest absolute Gasteiger partial charge is 0.382 e. The van der Waals surface area contributed by atoms with Crippen molar-refractivity contribution in [2.75, 3.05) is 37.4 Å². The Morgan fingerprint density at radius 1 is 1.33 bits per heavy atom. The van der Waals surface area contributed by atoms with E-state index in [1.165, 1.54) is 35.4 Å². The molecule has 0 amide bonds. The van der Waals surface area contributed by atoms with E-state index in [9.17, 15) is 14.5 Å². The van der Waals surface area contributed by atoms with Crippen LogP contribution in [0.4, 0.5) is 21.5 Å². The molecule has 0 aromatic heterocycles. The number of aliphatic imine (C=N–C) groups is 1. The van der Waals surface area contributed by atoms with Crippen molar-refractivity contribution in [1.29, 1.82) is 0 Å². The maximum absolute atomic E-state index is 14.1. The van der Waals surface area contributed by atoms with Gasteiger partial charge in [-0.1, -0.05) is 11.6 Å². The average Bonchev–Trinajstić information content (AvgIpc) is 2.65. The molecule has 1 N–H and O–H groups in total. The minimum atomic E-state index is -0.559. The SMILES string of the molecule is COCCON1CN=C(Nc2ccc(Cl)cc2F)c2cc([N+](=O)[O-])ccc21. The highest BCUT2D eigenvalue weighted by Gasteiger charge is 2.24. The van der Waals surface area contributed by atoms with Crippen molar-refractivity contribution in [3.05, 3.63) is 62.9 Å². The Balaban J connectivity index is 1.93. The summed E-state index contributed by atoms with van der Waals surface area (Å²) >= 11 is 5.77. The van der Waals surface area contributed by atoms with Gasteiger partial charge in [-0.3, -0.25) is 15.0 Å². The number of amidine groups is 1. The Bertz CT molecular complexity index is 893. The highest BCUT2D eigenvalue weighted by atomic mass is 35.5. The molecule has 2 aromatic carbocycles. The Morgan fingerprint density at radius 2 is 2.15 bits per heavy atom. The van der Waals surface area contributed by atoms with Crippen LogP contribution in [0.5, 0.6) is 0 Å². The van der Waals surface area contributed by atoms with Crippen LogP contribution < -0.4 is 10.4 Å². The minimum Gasteiger partial charge on any atom is -0.382 e. The van der Waals surface area contributed by atoms with E-state index < -0.39 is 10.7 Å². The molecule has 2 aromatic rings. The van der Waals surface area contributed by atoms with E-state index in [-0.39, 0.29) is 29.7 Å². The van der Waals surface area contributed by atoms with Gasteiger partial charge >= 0.3 is 0 Å². The summed E-state index contributed by atoms with van der Waals surface area (Å²) in [4.78, 5) is 20.6. The summed E-state index contributed by atoms with van der Waals surface area (Å²) in [5.74, 6) is -0.266. The number of nitrogens with zero attached hydrogens (tertiary/aromatic N) is 3. The summed E-state index contributed by atoms with van der Waals surface area (Å²) in [5, 5.41) is 15.8. The van der Waals surface area contributed by atoms with Gasteiger partial charge in [-0.2, -0.15) is 0 Å². The highest BCUT2D eigenvalue weighted by molar-refractivity contribution is 6.30. The molecule has 1 heterocycles. The molecule has 0 unspecified atom stereocenters. The Labute approximate surface area is 159 Å². The first-order valence-corrected chi connectivity index (χ1v) is 8.32. The molecule has 0 aliphatic carbocycles. The summed E-state index contributed by atoms with van der Waals surface area (Å²) in [6, 6.07) is 8.47. The quantitative estimate of drug-likeness (QED) is 0.457. The van der Waals surface area contributed by atoms with Gasteiger partial charge in [0, 0.05) is 29.8 Å². The number of hydrogen-bond acceptors (Lipinski definition) is 7. The van der Waals surface area contributed by atoms with Crippen LogP contribution in [0.3, 0.4) is 0 Å².